The third-order valence-electron chi connectivity index (χ3n) is 3.27. The van der Waals surface area contributed by atoms with Crippen LogP contribution in [0.5, 0.6) is 11.5 Å². The highest BCUT2D eigenvalue weighted by molar-refractivity contribution is 6.07. The standard InChI is InChI=1S/C16H14F4N4O4/c1-7-12(13(14(21)26)24-23-7)22-11(25)5-3-8-2-4-9(27-15(17)18)6-10(8)28-16(19)20/h2-6,15-16H,1H3,(H2,21,26)(H,22,25)(H,23,24)/b5-3+. The summed E-state index contributed by atoms with van der Waals surface area (Å²) >= 11 is 0. The Morgan fingerprint density at radius 2 is 1.89 bits per heavy atom. The number of primary amides is 1. The highest BCUT2D eigenvalue weighted by Crippen LogP contribution is 2.28. The molecule has 0 spiro atoms. The molecule has 0 radical (unpaired) electrons. The summed E-state index contributed by atoms with van der Waals surface area (Å²) in [5.41, 5.74) is 5.38. The molecule has 0 saturated carbocycles. The van der Waals surface area contributed by atoms with Gasteiger partial charge >= 0.3 is 13.2 Å². The van der Waals surface area contributed by atoms with Gasteiger partial charge in [0.15, 0.2) is 5.69 Å². The van der Waals surface area contributed by atoms with Crippen molar-refractivity contribution in [1.29, 1.82) is 0 Å². The van der Waals surface area contributed by atoms with Gasteiger partial charge in [-0.15, -0.1) is 0 Å². The van der Waals surface area contributed by atoms with E-state index >= 15 is 0 Å². The summed E-state index contributed by atoms with van der Waals surface area (Å²) in [5, 5.41) is 8.51. The van der Waals surface area contributed by atoms with Crippen LogP contribution >= 0.6 is 0 Å². The Labute approximate surface area is 155 Å². The number of alkyl halides is 4. The first-order chi connectivity index (χ1) is 13.2. The summed E-state index contributed by atoms with van der Waals surface area (Å²) in [4.78, 5) is 23.3. The van der Waals surface area contributed by atoms with E-state index in [0.717, 1.165) is 30.4 Å². The fourth-order valence-electron chi connectivity index (χ4n) is 2.12. The van der Waals surface area contributed by atoms with Gasteiger partial charge < -0.3 is 20.5 Å². The van der Waals surface area contributed by atoms with Crippen LogP contribution in [0.3, 0.4) is 0 Å². The van der Waals surface area contributed by atoms with Gasteiger partial charge in [0.1, 0.15) is 11.5 Å². The van der Waals surface area contributed by atoms with Gasteiger partial charge in [-0.2, -0.15) is 22.7 Å². The summed E-state index contributed by atoms with van der Waals surface area (Å²) < 4.78 is 58.0. The molecule has 0 fully saturated rings. The Balaban J connectivity index is 2.21. The topological polar surface area (TPSA) is 119 Å². The zero-order chi connectivity index (χ0) is 20.8. The molecular weight excluding hydrogens is 388 g/mol. The molecule has 0 bridgehead atoms. The molecule has 150 valence electrons. The molecule has 0 aliphatic heterocycles. The maximum Gasteiger partial charge on any atom is 0.387 e. The Hall–Kier alpha value is -3.57. The number of ether oxygens (including phenoxy) is 2. The molecule has 0 aliphatic carbocycles. The average Bonchev–Trinajstić information content (AvgIpc) is 2.94. The maximum absolute atomic E-state index is 12.5. The van der Waals surface area contributed by atoms with Crippen LogP contribution < -0.4 is 20.5 Å². The number of amides is 2. The van der Waals surface area contributed by atoms with Gasteiger partial charge in [-0.25, -0.2) is 0 Å². The van der Waals surface area contributed by atoms with Crippen LogP contribution in [0.1, 0.15) is 21.7 Å². The van der Waals surface area contributed by atoms with Gasteiger partial charge in [-0.1, -0.05) is 0 Å². The lowest BCUT2D eigenvalue weighted by Gasteiger charge is -2.11. The number of carbonyl (C=O) groups is 2. The fourth-order valence-corrected chi connectivity index (χ4v) is 2.12. The number of aromatic nitrogens is 2. The number of hydrogen-bond donors (Lipinski definition) is 3. The van der Waals surface area contributed by atoms with Crippen molar-refractivity contribution in [3.8, 4) is 11.5 Å². The molecule has 4 N–H and O–H groups in total. The molecular formula is C16H14F4N4O4. The summed E-state index contributed by atoms with van der Waals surface area (Å²) in [5.74, 6) is -2.48. The van der Waals surface area contributed by atoms with Gasteiger partial charge in [0.2, 0.25) is 5.91 Å². The van der Waals surface area contributed by atoms with E-state index in [4.69, 9.17) is 5.73 Å². The highest BCUT2D eigenvalue weighted by Gasteiger charge is 2.17. The SMILES string of the molecule is Cc1[nH]nc(C(N)=O)c1NC(=O)/C=C/c1ccc(OC(F)F)cc1OC(F)F. The number of halogens is 4. The van der Waals surface area contributed by atoms with Gasteiger partial charge in [0, 0.05) is 17.7 Å². The molecule has 2 aromatic rings. The number of nitrogens with one attached hydrogen (secondary N) is 2. The van der Waals surface area contributed by atoms with E-state index in [-0.39, 0.29) is 16.9 Å². The third-order valence-corrected chi connectivity index (χ3v) is 3.27. The van der Waals surface area contributed by atoms with Gasteiger partial charge in [0.05, 0.1) is 11.4 Å². The minimum atomic E-state index is -3.23. The lowest BCUT2D eigenvalue weighted by Crippen LogP contribution is -2.16. The molecule has 0 unspecified atom stereocenters. The molecule has 28 heavy (non-hydrogen) atoms. The van der Waals surface area contributed by atoms with Gasteiger partial charge in [-0.05, 0) is 25.1 Å². The van der Waals surface area contributed by atoms with Crippen LogP contribution in [0.4, 0.5) is 23.2 Å². The van der Waals surface area contributed by atoms with E-state index < -0.39 is 36.5 Å². The largest absolute Gasteiger partial charge is 0.435 e. The van der Waals surface area contributed by atoms with Gasteiger partial charge in [-0.3, -0.25) is 14.7 Å². The first-order valence-corrected chi connectivity index (χ1v) is 7.55. The smallest absolute Gasteiger partial charge is 0.387 e. The van der Waals surface area contributed by atoms with Crippen LogP contribution in [-0.2, 0) is 4.79 Å². The second kappa shape index (κ2) is 8.88. The lowest BCUT2D eigenvalue weighted by atomic mass is 10.1. The van der Waals surface area contributed by atoms with Crippen molar-refractivity contribution in [2.45, 2.75) is 20.1 Å². The Kier molecular flexibility index (Phi) is 6.58. The molecule has 8 nitrogen and oxygen atoms in total. The number of rotatable bonds is 8. The zero-order valence-corrected chi connectivity index (χ0v) is 14.2. The van der Waals surface area contributed by atoms with E-state index in [9.17, 15) is 27.2 Å². The molecule has 0 saturated heterocycles. The van der Waals surface area contributed by atoms with E-state index in [1.807, 2.05) is 0 Å². The van der Waals surface area contributed by atoms with Crippen molar-refractivity contribution in [3.05, 3.63) is 41.2 Å². The molecule has 1 aromatic heterocycles. The second-order valence-electron chi connectivity index (χ2n) is 5.22. The van der Waals surface area contributed by atoms with Gasteiger partial charge in [0.25, 0.3) is 5.91 Å². The number of H-pyrrole nitrogens is 1. The Bertz CT molecular complexity index is 899. The minimum absolute atomic E-state index is 0.00360. The number of aryl methyl sites for hydroxylation is 1. The number of carbonyl (C=O) groups excluding carboxylic acids is 2. The normalized spacial score (nSPS) is 11.2. The summed E-state index contributed by atoms with van der Waals surface area (Å²) in [7, 11) is 0. The molecule has 0 atom stereocenters. The maximum atomic E-state index is 12.5. The van der Waals surface area contributed by atoms with Crippen molar-refractivity contribution >= 4 is 23.6 Å². The second-order valence-corrected chi connectivity index (χ2v) is 5.22. The Morgan fingerprint density at radius 3 is 2.50 bits per heavy atom. The number of nitrogens with zero attached hydrogens (tertiary/aromatic N) is 1. The third kappa shape index (κ3) is 5.46. The number of anilines is 1. The van der Waals surface area contributed by atoms with E-state index in [1.165, 1.54) is 6.92 Å². The van der Waals surface area contributed by atoms with Crippen molar-refractivity contribution in [2.24, 2.45) is 5.73 Å². The quantitative estimate of drug-likeness (QED) is 0.463. The molecule has 1 aromatic carbocycles. The van der Waals surface area contributed by atoms with Crippen LogP contribution in [0, 0.1) is 6.92 Å². The van der Waals surface area contributed by atoms with Crippen LogP contribution in [-0.4, -0.2) is 35.2 Å². The summed E-state index contributed by atoms with van der Waals surface area (Å²) in [6, 6.07) is 3.08. The number of hydrogen-bond acceptors (Lipinski definition) is 5. The van der Waals surface area contributed by atoms with E-state index in [0.29, 0.717) is 5.69 Å². The molecule has 2 rings (SSSR count). The highest BCUT2D eigenvalue weighted by atomic mass is 19.3. The van der Waals surface area contributed by atoms with Crippen molar-refractivity contribution in [1.82, 2.24) is 10.2 Å². The number of aromatic amines is 1. The Morgan fingerprint density at radius 1 is 1.21 bits per heavy atom. The van der Waals surface area contributed by atoms with Crippen molar-refractivity contribution in [2.75, 3.05) is 5.32 Å². The fraction of sp³-hybridized carbons (Fsp3) is 0.188. The monoisotopic (exact) mass is 402 g/mol. The number of benzene rings is 1. The minimum Gasteiger partial charge on any atom is -0.435 e. The first-order valence-electron chi connectivity index (χ1n) is 7.55. The molecule has 12 heteroatoms. The average molecular weight is 402 g/mol. The van der Waals surface area contributed by atoms with Crippen LogP contribution in [0.15, 0.2) is 24.3 Å². The van der Waals surface area contributed by atoms with Crippen LogP contribution in [0.25, 0.3) is 6.08 Å². The van der Waals surface area contributed by atoms with Crippen molar-refractivity contribution in [3.63, 3.8) is 0 Å². The first kappa shape index (κ1) is 20.7. The summed E-state index contributed by atoms with van der Waals surface area (Å²) in [6.45, 7) is -4.84. The lowest BCUT2D eigenvalue weighted by molar-refractivity contribution is -0.111. The van der Waals surface area contributed by atoms with E-state index in [2.05, 4.69) is 25.0 Å². The molecule has 0 aliphatic rings. The van der Waals surface area contributed by atoms with Crippen molar-refractivity contribution < 1.29 is 36.6 Å². The zero-order valence-electron chi connectivity index (χ0n) is 14.2. The van der Waals surface area contributed by atoms with Crippen LogP contribution in [0.2, 0.25) is 0 Å². The number of nitrogens with two attached hydrogens (primary N) is 1. The predicted octanol–water partition coefficient (Wildman–Crippen LogP) is 2.67. The molecule has 2 amide bonds. The molecule has 1 heterocycles. The summed E-state index contributed by atoms with van der Waals surface area (Å²) in [6.07, 6.45) is 2.07. The van der Waals surface area contributed by atoms with E-state index in [1.54, 1.807) is 0 Å². The predicted molar refractivity (Wildman–Crippen MR) is 89.2 cm³/mol.